The molecular formula is C22H25ClN4O3S. The summed E-state index contributed by atoms with van der Waals surface area (Å²) in [5.74, 6) is -0.297. The largest absolute Gasteiger partial charge is 0.346 e. The van der Waals surface area contributed by atoms with Crippen LogP contribution in [0.2, 0.25) is 5.15 Å². The lowest BCUT2D eigenvalue weighted by Crippen LogP contribution is -2.30. The number of hydrogen-bond acceptors (Lipinski definition) is 4. The molecule has 7 nitrogen and oxygen atoms in total. The third-order valence-electron chi connectivity index (χ3n) is 5.00. The van der Waals surface area contributed by atoms with Crippen molar-refractivity contribution in [3.05, 3.63) is 71.1 Å². The van der Waals surface area contributed by atoms with Gasteiger partial charge >= 0.3 is 0 Å². The first-order valence-corrected chi connectivity index (χ1v) is 11.8. The zero-order valence-corrected chi connectivity index (χ0v) is 19.2. The molecule has 1 unspecified atom stereocenters. The molecule has 0 fully saturated rings. The van der Waals surface area contributed by atoms with Crippen molar-refractivity contribution >= 4 is 39.3 Å². The minimum atomic E-state index is -3.51. The van der Waals surface area contributed by atoms with Crippen LogP contribution in [0, 0.1) is 0 Å². The van der Waals surface area contributed by atoms with Crippen LogP contribution in [0.4, 0.5) is 0 Å². The SMILES string of the molecule is CCN(CC)S(=O)(=O)c1ccc(C(C)NC(=O)/C=C/c2c(Cl)nc3ccccn23)cc1. The van der Waals surface area contributed by atoms with E-state index in [0.717, 1.165) is 5.56 Å². The van der Waals surface area contributed by atoms with E-state index in [2.05, 4.69) is 10.3 Å². The smallest absolute Gasteiger partial charge is 0.244 e. The minimum absolute atomic E-state index is 0.237. The van der Waals surface area contributed by atoms with Crippen LogP contribution in [0.3, 0.4) is 0 Å². The van der Waals surface area contributed by atoms with Crippen LogP contribution >= 0.6 is 11.6 Å². The van der Waals surface area contributed by atoms with Gasteiger partial charge in [0.1, 0.15) is 5.65 Å². The summed E-state index contributed by atoms with van der Waals surface area (Å²) in [4.78, 5) is 16.9. The van der Waals surface area contributed by atoms with Crippen molar-refractivity contribution in [1.82, 2.24) is 19.0 Å². The fraction of sp³-hybridized carbons (Fsp3) is 0.273. The highest BCUT2D eigenvalue weighted by molar-refractivity contribution is 7.89. The fourth-order valence-electron chi connectivity index (χ4n) is 3.28. The molecule has 9 heteroatoms. The molecule has 0 aliphatic carbocycles. The number of fused-ring (bicyclic) bond motifs is 1. The maximum Gasteiger partial charge on any atom is 0.244 e. The van der Waals surface area contributed by atoms with Gasteiger partial charge < -0.3 is 5.32 Å². The molecule has 0 saturated carbocycles. The number of halogens is 1. The summed E-state index contributed by atoms with van der Waals surface area (Å²) in [6.07, 6.45) is 4.84. The van der Waals surface area contributed by atoms with Crippen molar-refractivity contribution in [2.24, 2.45) is 0 Å². The van der Waals surface area contributed by atoms with E-state index in [1.54, 1.807) is 48.6 Å². The maximum absolute atomic E-state index is 12.6. The second kappa shape index (κ2) is 9.64. The molecule has 1 N–H and O–H groups in total. The summed E-state index contributed by atoms with van der Waals surface area (Å²) in [6.45, 7) is 6.27. The molecule has 0 bridgehead atoms. The van der Waals surface area contributed by atoms with Crippen molar-refractivity contribution in [1.29, 1.82) is 0 Å². The highest BCUT2D eigenvalue weighted by Crippen LogP contribution is 2.21. The highest BCUT2D eigenvalue weighted by Gasteiger charge is 2.21. The number of hydrogen-bond donors (Lipinski definition) is 1. The van der Waals surface area contributed by atoms with Crippen molar-refractivity contribution in [2.75, 3.05) is 13.1 Å². The molecule has 0 radical (unpaired) electrons. The van der Waals surface area contributed by atoms with E-state index >= 15 is 0 Å². The molecule has 1 atom stereocenters. The second-order valence-electron chi connectivity index (χ2n) is 6.94. The van der Waals surface area contributed by atoms with Gasteiger partial charge in [-0.15, -0.1) is 0 Å². The van der Waals surface area contributed by atoms with E-state index in [9.17, 15) is 13.2 Å². The standard InChI is InChI=1S/C22H25ClN4O3S/c1-4-26(5-2)31(29,30)18-11-9-17(10-12-18)16(3)24-21(28)14-13-19-22(23)25-20-8-6-7-15-27(19)20/h6-16H,4-5H2,1-3H3,(H,24,28)/b14-13+. The van der Waals surface area contributed by atoms with E-state index in [0.29, 0.717) is 29.6 Å². The number of sulfonamides is 1. The summed E-state index contributed by atoms with van der Waals surface area (Å²) in [5, 5.41) is 3.18. The monoisotopic (exact) mass is 460 g/mol. The number of benzene rings is 1. The average molecular weight is 461 g/mol. The third kappa shape index (κ3) is 4.98. The molecule has 0 saturated heterocycles. The third-order valence-corrected chi connectivity index (χ3v) is 7.34. The Hall–Kier alpha value is -2.68. The van der Waals surface area contributed by atoms with Gasteiger partial charge in [0.2, 0.25) is 15.9 Å². The Labute approximate surface area is 187 Å². The first kappa shape index (κ1) is 23.0. The Kier molecular flexibility index (Phi) is 7.15. The predicted molar refractivity (Wildman–Crippen MR) is 122 cm³/mol. The Morgan fingerprint density at radius 1 is 1.19 bits per heavy atom. The van der Waals surface area contributed by atoms with Gasteiger partial charge in [-0.1, -0.05) is 43.6 Å². The van der Waals surface area contributed by atoms with E-state index in [1.807, 2.05) is 31.3 Å². The molecule has 1 amide bonds. The van der Waals surface area contributed by atoms with Crippen molar-refractivity contribution in [3.8, 4) is 0 Å². The number of pyridine rings is 1. The van der Waals surface area contributed by atoms with Gasteiger partial charge in [0.15, 0.2) is 5.15 Å². The Balaban J connectivity index is 1.70. The number of amides is 1. The first-order valence-electron chi connectivity index (χ1n) is 9.99. The molecule has 31 heavy (non-hydrogen) atoms. The van der Waals surface area contributed by atoms with Crippen LogP contribution in [0.1, 0.15) is 38.1 Å². The van der Waals surface area contributed by atoms with Crippen LogP contribution in [0.25, 0.3) is 11.7 Å². The number of nitrogens with zero attached hydrogens (tertiary/aromatic N) is 3. The van der Waals surface area contributed by atoms with Gasteiger partial charge in [0.05, 0.1) is 16.6 Å². The number of carbonyl (C=O) groups is 1. The van der Waals surface area contributed by atoms with Crippen LogP contribution in [-0.2, 0) is 14.8 Å². The highest BCUT2D eigenvalue weighted by atomic mass is 35.5. The first-order chi connectivity index (χ1) is 14.8. The van der Waals surface area contributed by atoms with E-state index in [-0.39, 0.29) is 16.8 Å². The molecule has 0 aliphatic rings. The summed E-state index contributed by atoms with van der Waals surface area (Å²) >= 11 is 6.18. The predicted octanol–water partition coefficient (Wildman–Crippen LogP) is 3.91. The normalized spacial score (nSPS) is 13.2. The Morgan fingerprint density at radius 3 is 2.52 bits per heavy atom. The van der Waals surface area contributed by atoms with Gasteiger partial charge in [0, 0.05) is 25.4 Å². The quantitative estimate of drug-likeness (QED) is 0.516. The van der Waals surface area contributed by atoms with Crippen molar-refractivity contribution in [2.45, 2.75) is 31.7 Å². The molecule has 1 aromatic carbocycles. The summed E-state index contributed by atoms with van der Waals surface area (Å²) in [5.41, 5.74) is 2.11. The lowest BCUT2D eigenvalue weighted by atomic mass is 10.1. The van der Waals surface area contributed by atoms with Crippen LogP contribution in [0.15, 0.2) is 59.6 Å². The van der Waals surface area contributed by atoms with Crippen molar-refractivity contribution in [3.63, 3.8) is 0 Å². The number of nitrogens with one attached hydrogen (secondary N) is 1. The van der Waals surface area contributed by atoms with E-state index in [4.69, 9.17) is 11.6 Å². The van der Waals surface area contributed by atoms with Crippen LogP contribution in [-0.4, -0.2) is 41.1 Å². The fourth-order valence-corrected chi connectivity index (χ4v) is 4.97. The maximum atomic E-state index is 12.6. The zero-order chi connectivity index (χ0) is 22.6. The van der Waals surface area contributed by atoms with Gasteiger partial charge in [-0.3, -0.25) is 9.20 Å². The summed E-state index contributed by atoms with van der Waals surface area (Å²) in [6, 6.07) is 11.8. The number of aromatic nitrogens is 2. The second-order valence-corrected chi connectivity index (χ2v) is 9.23. The Bertz CT molecular complexity index is 1200. The molecular weight excluding hydrogens is 436 g/mol. The van der Waals surface area contributed by atoms with Crippen molar-refractivity contribution < 1.29 is 13.2 Å². The van der Waals surface area contributed by atoms with E-state index in [1.165, 1.54) is 10.4 Å². The van der Waals surface area contributed by atoms with Gasteiger partial charge in [-0.05, 0) is 42.8 Å². The minimum Gasteiger partial charge on any atom is -0.346 e. The number of rotatable bonds is 8. The van der Waals surface area contributed by atoms with Crippen LogP contribution < -0.4 is 5.32 Å². The summed E-state index contributed by atoms with van der Waals surface area (Å²) < 4.78 is 28.4. The molecule has 0 aliphatic heterocycles. The van der Waals surface area contributed by atoms with Crippen LogP contribution in [0.5, 0.6) is 0 Å². The van der Waals surface area contributed by atoms with Gasteiger partial charge in [-0.2, -0.15) is 4.31 Å². The van der Waals surface area contributed by atoms with Gasteiger partial charge in [-0.25, -0.2) is 13.4 Å². The Morgan fingerprint density at radius 2 is 1.87 bits per heavy atom. The lowest BCUT2D eigenvalue weighted by Gasteiger charge is -2.19. The topological polar surface area (TPSA) is 83.8 Å². The van der Waals surface area contributed by atoms with E-state index < -0.39 is 10.0 Å². The zero-order valence-electron chi connectivity index (χ0n) is 17.6. The lowest BCUT2D eigenvalue weighted by molar-refractivity contribution is -0.117. The average Bonchev–Trinajstić information content (AvgIpc) is 3.08. The molecule has 0 spiro atoms. The molecule has 2 aromatic heterocycles. The molecule has 3 rings (SSSR count). The molecule has 2 heterocycles. The molecule has 3 aromatic rings. The summed E-state index contributed by atoms with van der Waals surface area (Å²) in [7, 11) is -3.51. The number of carbonyl (C=O) groups excluding carboxylic acids is 1. The number of imidazole rings is 1. The van der Waals surface area contributed by atoms with Gasteiger partial charge in [0.25, 0.3) is 0 Å². The molecule has 164 valence electrons.